The predicted molar refractivity (Wildman–Crippen MR) is 109 cm³/mol. The third-order valence-corrected chi connectivity index (χ3v) is 6.19. The molecule has 158 valence electrons. The van der Waals surface area contributed by atoms with E-state index in [-0.39, 0.29) is 20.8 Å². The van der Waals surface area contributed by atoms with E-state index >= 15 is 0 Å². The zero-order valence-corrected chi connectivity index (χ0v) is 19.1. The molecule has 0 aliphatic carbocycles. The average molecular weight is 485 g/mol. The Hall–Kier alpha value is -0.770. The van der Waals surface area contributed by atoms with Gasteiger partial charge in [-0.1, -0.05) is 20.8 Å². The third-order valence-electron chi connectivity index (χ3n) is 4.02. The summed E-state index contributed by atoms with van der Waals surface area (Å²) in [6, 6.07) is 0.388. The van der Waals surface area contributed by atoms with Crippen LogP contribution in [0.5, 0.6) is 0 Å². The van der Waals surface area contributed by atoms with Crippen LogP contribution in [0.25, 0.3) is 10.9 Å². The van der Waals surface area contributed by atoms with Gasteiger partial charge >= 0.3 is 6.18 Å². The van der Waals surface area contributed by atoms with Gasteiger partial charge in [-0.05, 0) is 54.2 Å². The van der Waals surface area contributed by atoms with Gasteiger partial charge in [-0.2, -0.15) is 13.2 Å². The number of alkyl halides is 3. The van der Waals surface area contributed by atoms with Crippen LogP contribution >= 0.6 is 15.9 Å². The fourth-order valence-electron chi connectivity index (χ4n) is 2.77. The second-order valence-corrected chi connectivity index (χ2v) is 11.9. The molecule has 0 spiro atoms. The van der Waals surface area contributed by atoms with Gasteiger partial charge in [0.1, 0.15) is 10.6 Å². The van der Waals surface area contributed by atoms with Crippen LogP contribution in [0.3, 0.4) is 0 Å². The highest BCUT2D eigenvalue weighted by Gasteiger charge is 2.47. The lowest BCUT2D eigenvalue weighted by Gasteiger charge is -2.29. The van der Waals surface area contributed by atoms with Crippen molar-refractivity contribution >= 4 is 38.2 Å². The second kappa shape index (κ2) is 7.81. The number of rotatable bonds is 4. The molecule has 0 amide bonds. The summed E-state index contributed by atoms with van der Waals surface area (Å²) in [5.41, 5.74) is 0.131. The van der Waals surface area contributed by atoms with E-state index in [0.29, 0.717) is 12.1 Å². The summed E-state index contributed by atoms with van der Waals surface area (Å²) in [7, 11) is 0. The Labute approximate surface area is 174 Å². The summed E-state index contributed by atoms with van der Waals surface area (Å²) in [5.74, 6) is -0.653. The molecule has 0 aliphatic rings. The molecule has 0 bridgehead atoms. The summed E-state index contributed by atoms with van der Waals surface area (Å²) >= 11 is 1.15. The van der Waals surface area contributed by atoms with Gasteiger partial charge in [-0.3, -0.25) is 0 Å². The van der Waals surface area contributed by atoms with Crippen LogP contribution in [-0.2, 0) is 17.9 Å². The summed E-state index contributed by atoms with van der Waals surface area (Å²) in [5, 5.41) is 0.144. The molecule has 28 heavy (non-hydrogen) atoms. The second-order valence-electron chi connectivity index (χ2n) is 9.03. The van der Waals surface area contributed by atoms with Crippen LogP contribution < -0.4 is 4.72 Å². The standard InChI is InChI=1S/C19H25BrF4N2OS/c1-17(2,3)10-26-9-12(11-7-14(21)13(20)8-15(11)26)16(19(22,23)24)25-28(27)18(4,5)6/h7-9,16,25H,10H2,1-6H3/t16?,28-/m0/s1. The molecule has 2 aromatic rings. The molecule has 3 nitrogen and oxygen atoms in total. The quantitative estimate of drug-likeness (QED) is 0.411. The van der Waals surface area contributed by atoms with Gasteiger partial charge in [0.05, 0.1) is 4.47 Å². The zero-order valence-electron chi connectivity index (χ0n) is 16.7. The van der Waals surface area contributed by atoms with Crippen molar-refractivity contribution in [2.75, 3.05) is 0 Å². The number of hydrogen-bond acceptors (Lipinski definition) is 2. The molecule has 1 heterocycles. The van der Waals surface area contributed by atoms with E-state index in [4.69, 9.17) is 0 Å². The number of benzene rings is 1. The van der Waals surface area contributed by atoms with Gasteiger partial charge < -0.3 is 9.12 Å². The molecule has 1 N–H and O–H groups in total. The van der Waals surface area contributed by atoms with Crippen molar-refractivity contribution in [3.63, 3.8) is 0 Å². The topological polar surface area (TPSA) is 40.0 Å². The van der Waals surface area contributed by atoms with Crippen molar-refractivity contribution < 1.29 is 22.1 Å². The van der Waals surface area contributed by atoms with E-state index in [1.165, 1.54) is 12.3 Å². The average Bonchev–Trinajstić information content (AvgIpc) is 2.78. The number of halogens is 5. The first-order chi connectivity index (χ1) is 12.5. The van der Waals surface area contributed by atoms with Crippen molar-refractivity contribution in [2.24, 2.45) is 5.41 Å². The molecule has 0 aliphatic heterocycles. The molecule has 1 aromatic heterocycles. The first kappa shape index (κ1) is 23.5. The fraction of sp³-hybridized carbons (Fsp3) is 0.579. The normalized spacial score (nSPS) is 15.9. The maximum Gasteiger partial charge on any atom is 0.412 e. The van der Waals surface area contributed by atoms with E-state index in [1.54, 1.807) is 25.3 Å². The molecule has 1 aromatic carbocycles. The number of aromatic nitrogens is 1. The Morgan fingerprint density at radius 1 is 1.14 bits per heavy atom. The summed E-state index contributed by atoms with van der Waals surface area (Å²) in [4.78, 5) is 0. The van der Waals surface area contributed by atoms with Crippen LogP contribution in [0.1, 0.15) is 53.1 Å². The molecule has 0 saturated carbocycles. The lowest BCUT2D eigenvalue weighted by Crippen LogP contribution is -2.45. The van der Waals surface area contributed by atoms with Crippen LogP contribution in [0.4, 0.5) is 17.6 Å². The van der Waals surface area contributed by atoms with Crippen molar-refractivity contribution in [3.8, 4) is 0 Å². The Balaban J connectivity index is 2.69. The van der Waals surface area contributed by atoms with E-state index in [9.17, 15) is 22.1 Å². The Morgan fingerprint density at radius 2 is 1.71 bits per heavy atom. The van der Waals surface area contributed by atoms with E-state index in [0.717, 1.165) is 6.07 Å². The van der Waals surface area contributed by atoms with Crippen LogP contribution in [-0.4, -0.2) is 20.0 Å². The SMILES string of the molecule is CC(C)(C)Cn1cc(C(N[S@@+]([O-])C(C)(C)C)C(F)(F)F)c2cc(F)c(Br)cc21. The third kappa shape index (κ3) is 5.43. The molecular formula is C19H25BrF4N2OS. The van der Waals surface area contributed by atoms with Gasteiger partial charge in [0.25, 0.3) is 0 Å². The minimum Gasteiger partial charge on any atom is -0.598 e. The number of hydrogen-bond donors (Lipinski definition) is 1. The molecular weight excluding hydrogens is 460 g/mol. The lowest BCUT2D eigenvalue weighted by atomic mass is 9.97. The van der Waals surface area contributed by atoms with E-state index in [1.807, 2.05) is 20.8 Å². The maximum atomic E-state index is 14.2. The zero-order chi connectivity index (χ0) is 21.7. The Bertz CT molecular complexity index is 853. The summed E-state index contributed by atoms with van der Waals surface area (Å²) in [6.07, 6.45) is -3.32. The van der Waals surface area contributed by atoms with Crippen molar-refractivity contribution in [3.05, 3.63) is 34.2 Å². The van der Waals surface area contributed by atoms with Gasteiger partial charge in [0.15, 0.2) is 6.04 Å². The van der Waals surface area contributed by atoms with E-state index < -0.39 is 34.1 Å². The number of nitrogens with zero attached hydrogens (tertiary/aromatic N) is 1. The van der Waals surface area contributed by atoms with Crippen molar-refractivity contribution in [1.82, 2.24) is 9.29 Å². The predicted octanol–water partition coefficient (Wildman–Crippen LogP) is 6.24. The van der Waals surface area contributed by atoms with Gasteiger partial charge in [-0.15, -0.1) is 4.72 Å². The molecule has 0 fully saturated rings. The smallest absolute Gasteiger partial charge is 0.412 e. The molecule has 1 unspecified atom stereocenters. The van der Waals surface area contributed by atoms with Gasteiger partial charge in [0.2, 0.25) is 0 Å². The number of fused-ring (bicyclic) bond motifs is 1. The first-order valence-electron chi connectivity index (χ1n) is 8.73. The maximum absolute atomic E-state index is 14.2. The van der Waals surface area contributed by atoms with Crippen molar-refractivity contribution in [2.45, 2.75) is 65.1 Å². The number of nitrogens with one attached hydrogen (secondary N) is 1. The Kier molecular flexibility index (Phi) is 6.56. The lowest BCUT2D eigenvalue weighted by molar-refractivity contribution is -0.152. The van der Waals surface area contributed by atoms with Crippen molar-refractivity contribution in [1.29, 1.82) is 0 Å². The molecule has 2 atom stereocenters. The fourth-order valence-corrected chi connectivity index (χ4v) is 3.93. The minimum absolute atomic E-state index is 0.143. The monoisotopic (exact) mass is 484 g/mol. The largest absolute Gasteiger partial charge is 0.598 e. The Morgan fingerprint density at radius 3 is 2.18 bits per heavy atom. The minimum atomic E-state index is -4.70. The van der Waals surface area contributed by atoms with Crippen LogP contribution in [0, 0.1) is 11.2 Å². The summed E-state index contributed by atoms with van der Waals surface area (Å²) in [6.45, 7) is 11.1. The van der Waals surface area contributed by atoms with Crippen LogP contribution in [0.2, 0.25) is 0 Å². The first-order valence-corrected chi connectivity index (χ1v) is 10.7. The van der Waals surface area contributed by atoms with E-state index in [2.05, 4.69) is 20.7 Å². The molecule has 9 heteroatoms. The highest BCUT2D eigenvalue weighted by atomic mass is 79.9. The highest BCUT2D eigenvalue weighted by Crippen LogP contribution is 2.40. The highest BCUT2D eigenvalue weighted by molar-refractivity contribution is 9.10. The molecule has 0 saturated heterocycles. The van der Waals surface area contributed by atoms with Gasteiger partial charge in [0, 0.05) is 40.6 Å². The van der Waals surface area contributed by atoms with Crippen LogP contribution in [0.15, 0.2) is 22.8 Å². The summed E-state index contributed by atoms with van der Waals surface area (Å²) < 4.78 is 71.5. The van der Waals surface area contributed by atoms with Gasteiger partial charge in [-0.25, -0.2) is 4.39 Å². The molecule has 2 rings (SSSR count). The molecule has 0 radical (unpaired) electrons.